The minimum absolute atomic E-state index is 0.325. The summed E-state index contributed by atoms with van der Waals surface area (Å²) in [6.07, 6.45) is 0. The van der Waals surface area contributed by atoms with Crippen LogP contribution in [0.2, 0.25) is 0 Å². The van der Waals surface area contributed by atoms with Crippen LogP contribution in [-0.4, -0.2) is 4.57 Å². The number of nitrogens with two attached hydrogens (primary N) is 1. The highest BCUT2D eigenvalue weighted by atomic mass is 15.1. The molecule has 15 heavy (non-hydrogen) atoms. The van der Waals surface area contributed by atoms with E-state index in [1.54, 1.807) is 0 Å². The molecular weight excluding hydrogens is 186 g/mol. The summed E-state index contributed by atoms with van der Waals surface area (Å²) in [7, 11) is 0. The Bertz CT molecular complexity index is 407. The van der Waals surface area contributed by atoms with E-state index in [1.807, 2.05) is 13.8 Å². The van der Waals surface area contributed by atoms with E-state index in [9.17, 15) is 0 Å². The lowest BCUT2D eigenvalue weighted by Gasteiger charge is -2.21. The first-order valence-corrected chi connectivity index (χ1v) is 5.28. The van der Waals surface area contributed by atoms with Gasteiger partial charge in [-0.15, -0.1) is 0 Å². The van der Waals surface area contributed by atoms with Gasteiger partial charge in [-0.1, -0.05) is 13.8 Å². The summed E-state index contributed by atoms with van der Waals surface area (Å²) in [4.78, 5) is 0. The van der Waals surface area contributed by atoms with Crippen LogP contribution < -0.4 is 5.73 Å². The predicted molar refractivity (Wildman–Crippen MR) is 62.6 cm³/mol. The molecule has 0 aliphatic heterocycles. The molecule has 82 valence electrons. The molecule has 1 atom stereocenters. The van der Waals surface area contributed by atoms with Crippen LogP contribution >= 0.6 is 0 Å². The fourth-order valence-corrected chi connectivity index (χ4v) is 1.82. The van der Waals surface area contributed by atoms with Crippen molar-refractivity contribution in [2.24, 2.45) is 5.92 Å². The molecule has 0 aliphatic rings. The fraction of sp³-hybridized carbons (Fsp3) is 0.583. The van der Waals surface area contributed by atoms with Gasteiger partial charge in [0, 0.05) is 11.7 Å². The molecule has 1 aromatic heterocycles. The van der Waals surface area contributed by atoms with E-state index in [4.69, 9.17) is 11.0 Å². The molecule has 1 heterocycles. The highest BCUT2D eigenvalue weighted by Crippen LogP contribution is 2.30. The van der Waals surface area contributed by atoms with E-state index in [0.29, 0.717) is 23.3 Å². The molecule has 0 aliphatic carbocycles. The minimum Gasteiger partial charge on any atom is -0.384 e. The molecule has 0 spiro atoms. The molecule has 1 unspecified atom stereocenters. The van der Waals surface area contributed by atoms with Gasteiger partial charge in [0.05, 0.1) is 5.56 Å². The number of aromatic nitrogens is 1. The summed E-state index contributed by atoms with van der Waals surface area (Å²) >= 11 is 0. The van der Waals surface area contributed by atoms with Gasteiger partial charge >= 0.3 is 0 Å². The third-order valence-electron chi connectivity index (χ3n) is 3.28. The first-order valence-electron chi connectivity index (χ1n) is 5.28. The van der Waals surface area contributed by atoms with Crippen molar-refractivity contribution in [3.8, 4) is 6.07 Å². The van der Waals surface area contributed by atoms with Crippen LogP contribution in [-0.2, 0) is 0 Å². The first-order chi connectivity index (χ1) is 6.91. The average Bonchev–Trinajstić information content (AvgIpc) is 2.37. The van der Waals surface area contributed by atoms with E-state index in [-0.39, 0.29) is 0 Å². The van der Waals surface area contributed by atoms with Crippen LogP contribution in [0.4, 0.5) is 5.82 Å². The predicted octanol–water partition coefficient (Wildman–Crippen LogP) is 2.78. The summed E-state index contributed by atoms with van der Waals surface area (Å²) in [5.41, 5.74) is 8.72. The Kier molecular flexibility index (Phi) is 3.09. The average molecular weight is 205 g/mol. The van der Waals surface area contributed by atoms with Gasteiger partial charge in [0.15, 0.2) is 0 Å². The zero-order valence-electron chi connectivity index (χ0n) is 10.1. The number of anilines is 1. The molecule has 1 rings (SSSR count). The summed E-state index contributed by atoms with van der Waals surface area (Å²) in [6.45, 7) is 10.4. The van der Waals surface area contributed by atoms with Crippen molar-refractivity contribution in [2.75, 3.05) is 5.73 Å². The van der Waals surface area contributed by atoms with Gasteiger partial charge < -0.3 is 10.3 Å². The normalized spacial score (nSPS) is 12.9. The number of rotatable bonds is 2. The highest BCUT2D eigenvalue weighted by molar-refractivity contribution is 5.58. The van der Waals surface area contributed by atoms with Gasteiger partial charge in [-0.3, -0.25) is 0 Å². The van der Waals surface area contributed by atoms with Gasteiger partial charge in [0.2, 0.25) is 0 Å². The molecular formula is C12H19N3. The SMILES string of the molecule is Cc1c(C#N)c(N)n(C(C)C(C)C)c1C. The molecule has 3 heteroatoms. The number of nitrogen functional groups attached to an aromatic ring is 1. The van der Waals surface area contributed by atoms with Gasteiger partial charge in [-0.2, -0.15) is 5.26 Å². The van der Waals surface area contributed by atoms with Crippen molar-refractivity contribution in [3.05, 3.63) is 16.8 Å². The van der Waals surface area contributed by atoms with E-state index >= 15 is 0 Å². The number of hydrogen-bond acceptors (Lipinski definition) is 2. The third kappa shape index (κ3) is 1.72. The lowest BCUT2D eigenvalue weighted by Crippen LogP contribution is -2.15. The van der Waals surface area contributed by atoms with E-state index in [1.165, 1.54) is 0 Å². The molecule has 0 radical (unpaired) electrons. The quantitative estimate of drug-likeness (QED) is 0.807. The second kappa shape index (κ2) is 3.98. The Morgan fingerprint density at radius 3 is 2.13 bits per heavy atom. The van der Waals surface area contributed by atoms with Crippen molar-refractivity contribution in [2.45, 2.75) is 40.7 Å². The lowest BCUT2D eigenvalue weighted by atomic mass is 10.1. The topological polar surface area (TPSA) is 54.7 Å². The summed E-state index contributed by atoms with van der Waals surface area (Å²) in [5.74, 6) is 1.11. The first kappa shape index (κ1) is 11.6. The zero-order valence-corrected chi connectivity index (χ0v) is 10.1. The van der Waals surface area contributed by atoms with Crippen LogP contribution in [0.3, 0.4) is 0 Å². The second-order valence-electron chi connectivity index (χ2n) is 4.44. The van der Waals surface area contributed by atoms with Gasteiger partial charge in [0.1, 0.15) is 11.9 Å². The van der Waals surface area contributed by atoms with Crippen LogP contribution in [0.15, 0.2) is 0 Å². The Labute approximate surface area is 91.5 Å². The molecule has 1 aromatic rings. The molecule has 0 saturated carbocycles. The summed E-state index contributed by atoms with van der Waals surface area (Å²) in [5, 5.41) is 9.01. The molecule has 3 nitrogen and oxygen atoms in total. The van der Waals surface area contributed by atoms with Gasteiger partial charge in [-0.25, -0.2) is 0 Å². The number of nitriles is 1. The van der Waals surface area contributed by atoms with Crippen molar-refractivity contribution in [3.63, 3.8) is 0 Å². The largest absolute Gasteiger partial charge is 0.384 e. The lowest BCUT2D eigenvalue weighted by molar-refractivity contribution is 0.407. The summed E-state index contributed by atoms with van der Waals surface area (Å²) in [6, 6.07) is 2.50. The maximum Gasteiger partial charge on any atom is 0.122 e. The number of hydrogen-bond donors (Lipinski definition) is 1. The van der Waals surface area contributed by atoms with Crippen LogP contribution in [0, 0.1) is 31.1 Å². The minimum atomic E-state index is 0.325. The smallest absolute Gasteiger partial charge is 0.122 e. The second-order valence-corrected chi connectivity index (χ2v) is 4.44. The van der Waals surface area contributed by atoms with E-state index in [2.05, 4.69) is 31.4 Å². The van der Waals surface area contributed by atoms with Gasteiger partial charge in [0.25, 0.3) is 0 Å². The maximum atomic E-state index is 9.01. The fourth-order valence-electron chi connectivity index (χ4n) is 1.82. The maximum absolute atomic E-state index is 9.01. The van der Waals surface area contributed by atoms with Crippen LogP contribution in [0.25, 0.3) is 0 Å². The Balaban J connectivity index is 3.38. The Morgan fingerprint density at radius 2 is 1.80 bits per heavy atom. The summed E-state index contributed by atoms with van der Waals surface area (Å²) < 4.78 is 2.07. The molecule has 2 N–H and O–H groups in total. The zero-order chi connectivity index (χ0) is 11.7. The monoisotopic (exact) mass is 205 g/mol. The molecule has 0 bridgehead atoms. The van der Waals surface area contributed by atoms with E-state index in [0.717, 1.165) is 11.3 Å². The van der Waals surface area contributed by atoms with Crippen molar-refractivity contribution < 1.29 is 0 Å². The molecule has 0 aromatic carbocycles. The molecule has 0 amide bonds. The van der Waals surface area contributed by atoms with Crippen molar-refractivity contribution in [1.29, 1.82) is 5.26 Å². The van der Waals surface area contributed by atoms with Crippen molar-refractivity contribution in [1.82, 2.24) is 4.57 Å². The molecule has 0 fully saturated rings. The third-order valence-corrected chi connectivity index (χ3v) is 3.28. The molecule has 0 saturated heterocycles. The highest BCUT2D eigenvalue weighted by Gasteiger charge is 2.20. The van der Waals surface area contributed by atoms with E-state index < -0.39 is 0 Å². The van der Waals surface area contributed by atoms with Gasteiger partial charge in [-0.05, 0) is 32.3 Å². The van der Waals surface area contributed by atoms with Crippen LogP contribution in [0.5, 0.6) is 0 Å². The Morgan fingerprint density at radius 1 is 1.27 bits per heavy atom. The Hall–Kier alpha value is -1.43. The standard InChI is InChI=1S/C12H19N3/c1-7(2)9(4)15-10(5)8(3)11(6-13)12(15)14/h7,9H,14H2,1-5H3. The van der Waals surface area contributed by atoms with Crippen LogP contribution in [0.1, 0.15) is 43.6 Å². The number of nitrogens with zero attached hydrogens (tertiary/aromatic N) is 2. The van der Waals surface area contributed by atoms with Crippen molar-refractivity contribution >= 4 is 5.82 Å².